The Hall–Kier alpha value is -0.820. The van der Waals surface area contributed by atoms with Crippen LogP contribution in [0.5, 0.6) is 0 Å². The Labute approximate surface area is 113 Å². The van der Waals surface area contributed by atoms with Gasteiger partial charge in [-0.25, -0.2) is 0 Å². The molecule has 1 unspecified atom stereocenters. The first-order chi connectivity index (χ1) is 8.67. The van der Waals surface area contributed by atoms with Gasteiger partial charge in [-0.1, -0.05) is 64.8 Å². The Kier molecular flexibility index (Phi) is 7.04. The maximum Gasteiger partial charge on any atom is 0.0320 e. The van der Waals surface area contributed by atoms with Crippen LogP contribution in [0.4, 0.5) is 0 Å². The van der Waals surface area contributed by atoms with Gasteiger partial charge in [-0.2, -0.15) is 0 Å². The van der Waals surface area contributed by atoms with E-state index >= 15 is 0 Å². The molecule has 0 fully saturated rings. The molecule has 1 heteroatoms. The topological polar surface area (TPSA) is 12.0 Å². The monoisotopic (exact) mass is 247 g/mol. The number of hydrogen-bond acceptors (Lipinski definition) is 1. The smallest absolute Gasteiger partial charge is 0.0320 e. The largest absolute Gasteiger partial charge is 0.310 e. The molecule has 1 atom stereocenters. The first-order valence-electron chi connectivity index (χ1n) is 7.49. The van der Waals surface area contributed by atoms with Gasteiger partial charge in [0.1, 0.15) is 0 Å². The molecule has 1 N–H and O–H groups in total. The van der Waals surface area contributed by atoms with E-state index in [4.69, 9.17) is 0 Å². The van der Waals surface area contributed by atoms with Crippen LogP contribution in [-0.2, 0) is 6.42 Å². The van der Waals surface area contributed by atoms with E-state index in [9.17, 15) is 0 Å². The summed E-state index contributed by atoms with van der Waals surface area (Å²) in [6.45, 7) is 10.0. The first kappa shape index (κ1) is 15.2. The third kappa shape index (κ3) is 5.22. The fourth-order valence-electron chi connectivity index (χ4n) is 2.35. The van der Waals surface area contributed by atoms with Crippen LogP contribution >= 0.6 is 0 Å². The minimum atomic E-state index is 0.527. The molecule has 0 aliphatic rings. The first-order valence-corrected chi connectivity index (χ1v) is 7.49. The van der Waals surface area contributed by atoms with Gasteiger partial charge in [0.05, 0.1) is 0 Å². The van der Waals surface area contributed by atoms with Gasteiger partial charge in [-0.05, 0) is 36.4 Å². The Morgan fingerprint density at radius 3 is 2.17 bits per heavy atom. The molecular formula is C17H29N. The average Bonchev–Trinajstić information content (AvgIpc) is 2.37. The van der Waals surface area contributed by atoms with Crippen molar-refractivity contribution in [2.24, 2.45) is 5.92 Å². The molecule has 0 saturated carbocycles. The summed E-state index contributed by atoms with van der Waals surface area (Å²) < 4.78 is 0. The highest BCUT2D eigenvalue weighted by Crippen LogP contribution is 2.21. The van der Waals surface area contributed by atoms with Crippen LogP contribution in [0.25, 0.3) is 0 Å². The van der Waals surface area contributed by atoms with Gasteiger partial charge < -0.3 is 5.32 Å². The molecule has 0 aliphatic carbocycles. The Morgan fingerprint density at radius 1 is 1.00 bits per heavy atom. The van der Waals surface area contributed by atoms with Gasteiger partial charge in [-0.15, -0.1) is 0 Å². The number of hydrogen-bond donors (Lipinski definition) is 1. The molecule has 102 valence electrons. The molecule has 1 aromatic carbocycles. The fraction of sp³-hybridized carbons (Fsp3) is 0.647. The van der Waals surface area contributed by atoms with E-state index in [0.29, 0.717) is 6.04 Å². The Morgan fingerprint density at radius 2 is 1.67 bits per heavy atom. The summed E-state index contributed by atoms with van der Waals surface area (Å²) in [6.07, 6.45) is 5.01. The molecule has 0 heterocycles. The summed E-state index contributed by atoms with van der Waals surface area (Å²) in [4.78, 5) is 0. The van der Waals surface area contributed by atoms with Crippen LogP contribution in [-0.4, -0.2) is 6.54 Å². The Balaban J connectivity index is 2.58. The molecule has 1 aromatic rings. The van der Waals surface area contributed by atoms with E-state index in [1.165, 1.54) is 30.4 Å². The predicted molar refractivity (Wildman–Crippen MR) is 80.9 cm³/mol. The third-order valence-corrected chi connectivity index (χ3v) is 3.52. The van der Waals surface area contributed by atoms with E-state index in [0.717, 1.165) is 18.9 Å². The van der Waals surface area contributed by atoms with Gasteiger partial charge in [0.2, 0.25) is 0 Å². The van der Waals surface area contributed by atoms with Crippen LogP contribution in [0, 0.1) is 5.92 Å². The average molecular weight is 247 g/mol. The van der Waals surface area contributed by atoms with Crippen molar-refractivity contribution < 1.29 is 0 Å². The van der Waals surface area contributed by atoms with Gasteiger partial charge >= 0.3 is 0 Å². The van der Waals surface area contributed by atoms with Crippen LogP contribution in [0.15, 0.2) is 24.3 Å². The molecule has 0 amide bonds. The lowest BCUT2D eigenvalue weighted by atomic mass is 9.97. The van der Waals surface area contributed by atoms with Gasteiger partial charge in [-0.3, -0.25) is 0 Å². The molecule has 0 aromatic heterocycles. The zero-order valence-corrected chi connectivity index (χ0v) is 12.5. The number of rotatable bonds is 8. The van der Waals surface area contributed by atoms with E-state index in [1.54, 1.807) is 0 Å². The molecule has 18 heavy (non-hydrogen) atoms. The van der Waals surface area contributed by atoms with Crippen molar-refractivity contribution in [3.05, 3.63) is 35.4 Å². The van der Waals surface area contributed by atoms with Crippen molar-refractivity contribution in [1.29, 1.82) is 0 Å². The number of aryl methyl sites for hydroxylation is 1. The summed E-state index contributed by atoms with van der Waals surface area (Å²) in [7, 11) is 0. The van der Waals surface area contributed by atoms with Crippen LogP contribution in [0.3, 0.4) is 0 Å². The quantitative estimate of drug-likeness (QED) is 0.700. The van der Waals surface area contributed by atoms with Gasteiger partial charge in [0, 0.05) is 6.04 Å². The number of nitrogens with one attached hydrogen (secondary N) is 1. The molecule has 1 nitrogen and oxygen atoms in total. The van der Waals surface area contributed by atoms with Crippen LogP contribution < -0.4 is 5.32 Å². The minimum absolute atomic E-state index is 0.527. The maximum absolute atomic E-state index is 3.61. The van der Waals surface area contributed by atoms with Crippen molar-refractivity contribution in [3.63, 3.8) is 0 Å². The summed E-state index contributed by atoms with van der Waals surface area (Å²) >= 11 is 0. The molecule has 0 radical (unpaired) electrons. The summed E-state index contributed by atoms with van der Waals surface area (Å²) in [6, 6.07) is 9.65. The number of benzene rings is 1. The van der Waals surface area contributed by atoms with E-state index in [-0.39, 0.29) is 0 Å². The highest BCUT2D eigenvalue weighted by atomic mass is 14.9. The lowest BCUT2D eigenvalue weighted by Gasteiger charge is -2.19. The minimum Gasteiger partial charge on any atom is -0.310 e. The summed E-state index contributed by atoms with van der Waals surface area (Å²) in [5.74, 6) is 0.815. The predicted octanol–water partition coefficient (Wildman–Crippen LogP) is 4.73. The van der Waals surface area contributed by atoms with Crippen molar-refractivity contribution in [1.82, 2.24) is 5.32 Å². The van der Waals surface area contributed by atoms with Gasteiger partial charge in [0.25, 0.3) is 0 Å². The van der Waals surface area contributed by atoms with Gasteiger partial charge in [0.15, 0.2) is 0 Å². The second kappa shape index (κ2) is 8.31. The van der Waals surface area contributed by atoms with Crippen molar-refractivity contribution in [3.8, 4) is 0 Å². The van der Waals surface area contributed by atoms with E-state index in [2.05, 4.69) is 57.3 Å². The van der Waals surface area contributed by atoms with Crippen LogP contribution in [0.2, 0.25) is 0 Å². The normalized spacial score (nSPS) is 12.9. The zero-order valence-electron chi connectivity index (χ0n) is 12.5. The molecular weight excluding hydrogens is 218 g/mol. The SMILES string of the molecule is CCNC(CCCC(C)C)c1ccc(CC)cc1. The standard InChI is InChI=1S/C17H29N/c1-5-15-10-12-16(13-11-15)17(18-6-2)9-7-8-14(3)4/h10-14,17-18H,5-9H2,1-4H3. The second-order valence-corrected chi connectivity index (χ2v) is 5.53. The second-order valence-electron chi connectivity index (χ2n) is 5.53. The molecule has 0 saturated heterocycles. The van der Waals surface area contributed by atoms with E-state index < -0.39 is 0 Å². The summed E-state index contributed by atoms with van der Waals surface area (Å²) in [5.41, 5.74) is 2.87. The van der Waals surface area contributed by atoms with E-state index in [1.807, 2.05) is 0 Å². The molecule has 0 aliphatic heterocycles. The maximum atomic E-state index is 3.61. The highest BCUT2D eigenvalue weighted by molar-refractivity contribution is 5.25. The molecule has 1 rings (SSSR count). The fourth-order valence-corrected chi connectivity index (χ4v) is 2.35. The van der Waals surface area contributed by atoms with Crippen molar-refractivity contribution in [2.45, 2.75) is 59.4 Å². The Bertz CT molecular complexity index is 313. The van der Waals surface area contributed by atoms with Crippen molar-refractivity contribution >= 4 is 0 Å². The summed E-state index contributed by atoms with van der Waals surface area (Å²) in [5, 5.41) is 3.61. The zero-order chi connectivity index (χ0) is 13.4. The van der Waals surface area contributed by atoms with Crippen molar-refractivity contribution in [2.75, 3.05) is 6.54 Å². The molecule has 0 spiro atoms. The molecule has 0 bridgehead atoms. The third-order valence-electron chi connectivity index (χ3n) is 3.52. The van der Waals surface area contributed by atoms with Crippen LogP contribution in [0.1, 0.15) is 64.1 Å². The lowest BCUT2D eigenvalue weighted by Crippen LogP contribution is -2.21. The highest BCUT2D eigenvalue weighted by Gasteiger charge is 2.10. The lowest BCUT2D eigenvalue weighted by molar-refractivity contribution is 0.455.